The lowest BCUT2D eigenvalue weighted by atomic mass is 9.91. The van der Waals surface area contributed by atoms with Gasteiger partial charge < -0.3 is 14.4 Å². The molecule has 7 nitrogen and oxygen atoms in total. The third-order valence-corrected chi connectivity index (χ3v) is 8.06. The molecular formula is C22H30FN3O4S. The molecule has 0 aromatic carbocycles. The Hall–Kier alpha value is -2.00. The standard InChI is InChI=1S/C22H30FN3O4S/c1-29-18-11-24-22(25-12-18)26-7-5-15(6-8-26)20-9-17(20)14-30-13-16-3-4-19(10-21(16)23)31(2,27)28/h3-4,11-12,15,17,19-20H,5-10,13-14H2,1-2H3/t17-,19?,20+/m0/s1. The molecule has 1 aliphatic heterocycles. The monoisotopic (exact) mass is 451 g/mol. The van der Waals surface area contributed by atoms with Crippen LogP contribution in [0.2, 0.25) is 0 Å². The largest absolute Gasteiger partial charge is 0.494 e. The van der Waals surface area contributed by atoms with Crippen molar-refractivity contribution in [3.8, 4) is 5.75 Å². The molecule has 0 N–H and O–H groups in total. The zero-order valence-electron chi connectivity index (χ0n) is 18.0. The van der Waals surface area contributed by atoms with Crippen LogP contribution >= 0.6 is 0 Å². The minimum absolute atomic E-state index is 0.0867. The highest BCUT2D eigenvalue weighted by atomic mass is 32.2. The smallest absolute Gasteiger partial charge is 0.225 e. The quantitative estimate of drug-likeness (QED) is 0.601. The maximum atomic E-state index is 14.2. The molecule has 2 heterocycles. The number of halogens is 1. The summed E-state index contributed by atoms with van der Waals surface area (Å²) in [6.45, 7) is 2.73. The minimum atomic E-state index is -3.27. The van der Waals surface area contributed by atoms with E-state index in [-0.39, 0.29) is 18.9 Å². The number of aromatic nitrogens is 2. The SMILES string of the molecule is COc1cnc(N2CCC([C@H]3C[C@H]3COCC3=C(F)CC(S(C)(=O)=O)C=C3)CC2)nc1. The topological polar surface area (TPSA) is 81.6 Å². The summed E-state index contributed by atoms with van der Waals surface area (Å²) in [5.41, 5.74) is 0.463. The number of rotatable bonds is 8. The molecule has 2 aliphatic carbocycles. The number of hydrogen-bond acceptors (Lipinski definition) is 7. The van der Waals surface area contributed by atoms with Crippen LogP contribution in [0.15, 0.2) is 35.9 Å². The Morgan fingerprint density at radius 1 is 1.23 bits per heavy atom. The molecule has 0 spiro atoms. The van der Waals surface area contributed by atoms with Crippen LogP contribution in [-0.4, -0.2) is 63.3 Å². The number of sulfone groups is 1. The average molecular weight is 452 g/mol. The Kier molecular flexibility index (Phi) is 6.62. The van der Waals surface area contributed by atoms with Gasteiger partial charge in [-0.2, -0.15) is 0 Å². The summed E-state index contributed by atoms with van der Waals surface area (Å²) in [5, 5.41) is -0.766. The van der Waals surface area contributed by atoms with Gasteiger partial charge in [0.05, 0.1) is 38.0 Å². The summed E-state index contributed by atoms with van der Waals surface area (Å²) >= 11 is 0. The van der Waals surface area contributed by atoms with Gasteiger partial charge in [0.1, 0.15) is 5.83 Å². The molecule has 0 radical (unpaired) electrons. The van der Waals surface area contributed by atoms with Crippen molar-refractivity contribution >= 4 is 15.8 Å². The Labute approximate surface area is 183 Å². The summed E-state index contributed by atoms with van der Waals surface area (Å²) in [4.78, 5) is 11.0. The molecule has 1 unspecified atom stereocenters. The summed E-state index contributed by atoms with van der Waals surface area (Å²) in [7, 11) is -1.67. The lowest BCUT2D eigenvalue weighted by Crippen LogP contribution is -2.35. The number of anilines is 1. The fourth-order valence-electron chi connectivity index (χ4n) is 4.58. The van der Waals surface area contributed by atoms with Gasteiger partial charge in [0, 0.05) is 31.3 Å². The molecule has 170 valence electrons. The first-order chi connectivity index (χ1) is 14.8. The average Bonchev–Trinajstić information content (AvgIpc) is 3.54. The second kappa shape index (κ2) is 9.24. The fraction of sp³-hybridized carbons (Fsp3) is 0.636. The van der Waals surface area contributed by atoms with Crippen molar-refractivity contribution in [2.24, 2.45) is 17.8 Å². The first-order valence-corrected chi connectivity index (χ1v) is 12.7. The van der Waals surface area contributed by atoms with Gasteiger partial charge in [-0.05, 0) is 37.0 Å². The van der Waals surface area contributed by atoms with E-state index in [4.69, 9.17) is 9.47 Å². The van der Waals surface area contributed by atoms with Crippen LogP contribution in [0.25, 0.3) is 0 Å². The van der Waals surface area contributed by atoms with Crippen molar-refractivity contribution in [1.29, 1.82) is 0 Å². The Morgan fingerprint density at radius 2 is 1.94 bits per heavy atom. The Morgan fingerprint density at radius 3 is 2.55 bits per heavy atom. The van der Waals surface area contributed by atoms with Crippen LogP contribution in [-0.2, 0) is 14.6 Å². The van der Waals surface area contributed by atoms with Crippen molar-refractivity contribution in [1.82, 2.24) is 9.97 Å². The van der Waals surface area contributed by atoms with Gasteiger partial charge >= 0.3 is 0 Å². The van der Waals surface area contributed by atoms with E-state index in [1.54, 1.807) is 31.7 Å². The van der Waals surface area contributed by atoms with Crippen LogP contribution in [0.5, 0.6) is 5.75 Å². The lowest BCUT2D eigenvalue weighted by molar-refractivity contribution is 0.136. The normalized spacial score (nSPS) is 26.9. The van der Waals surface area contributed by atoms with E-state index in [1.807, 2.05) is 0 Å². The third-order valence-electron chi connectivity index (χ3n) is 6.64. The Balaban J connectivity index is 1.17. The molecule has 4 rings (SSSR count). The van der Waals surface area contributed by atoms with Crippen LogP contribution in [0, 0.1) is 17.8 Å². The number of nitrogens with zero attached hydrogens (tertiary/aromatic N) is 3. The molecule has 9 heteroatoms. The van der Waals surface area contributed by atoms with Gasteiger partial charge in [0.25, 0.3) is 0 Å². The predicted octanol–water partition coefficient (Wildman–Crippen LogP) is 2.95. The van der Waals surface area contributed by atoms with Crippen molar-refractivity contribution in [2.75, 3.05) is 44.6 Å². The van der Waals surface area contributed by atoms with Crippen LogP contribution < -0.4 is 9.64 Å². The summed E-state index contributed by atoms with van der Waals surface area (Å²) < 4.78 is 48.3. The van der Waals surface area contributed by atoms with Crippen molar-refractivity contribution < 1.29 is 22.3 Å². The van der Waals surface area contributed by atoms with Crippen LogP contribution in [0.1, 0.15) is 25.7 Å². The summed E-state index contributed by atoms with van der Waals surface area (Å²) in [6, 6.07) is 0. The van der Waals surface area contributed by atoms with Crippen LogP contribution in [0.4, 0.5) is 10.3 Å². The van der Waals surface area contributed by atoms with Gasteiger partial charge in [-0.15, -0.1) is 0 Å². The molecule has 1 saturated heterocycles. The van der Waals surface area contributed by atoms with Crippen molar-refractivity contribution in [3.63, 3.8) is 0 Å². The second-order valence-electron chi connectivity index (χ2n) is 8.78. The molecule has 3 aliphatic rings. The molecule has 3 atom stereocenters. The summed E-state index contributed by atoms with van der Waals surface area (Å²) in [6.07, 6.45) is 11.0. The number of hydrogen-bond donors (Lipinski definition) is 0. The predicted molar refractivity (Wildman–Crippen MR) is 116 cm³/mol. The molecule has 1 aromatic rings. The highest BCUT2D eigenvalue weighted by molar-refractivity contribution is 7.91. The van der Waals surface area contributed by atoms with E-state index in [0.29, 0.717) is 35.7 Å². The zero-order valence-corrected chi connectivity index (χ0v) is 18.9. The van der Waals surface area contributed by atoms with Crippen molar-refractivity contribution in [2.45, 2.75) is 30.9 Å². The molecule has 2 fully saturated rings. The van der Waals surface area contributed by atoms with Crippen LogP contribution in [0.3, 0.4) is 0 Å². The number of piperidine rings is 1. The van der Waals surface area contributed by atoms with E-state index < -0.39 is 15.1 Å². The van der Waals surface area contributed by atoms with E-state index >= 15 is 0 Å². The second-order valence-corrected chi connectivity index (χ2v) is 11.0. The lowest BCUT2D eigenvalue weighted by Gasteiger charge is -2.32. The Bertz CT molecular complexity index is 940. The van der Waals surface area contributed by atoms with Crippen molar-refractivity contribution in [3.05, 3.63) is 35.9 Å². The first-order valence-electron chi connectivity index (χ1n) is 10.8. The van der Waals surface area contributed by atoms with Gasteiger partial charge in [0.15, 0.2) is 15.6 Å². The molecule has 0 amide bonds. The number of methoxy groups -OCH3 is 1. The number of ether oxygens (including phenoxy) is 2. The molecule has 0 bridgehead atoms. The van der Waals surface area contributed by atoms with E-state index in [0.717, 1.165) is 44.6 Å². The molecule has 1 saturated carbocycles. The highest BCUT2D eigenvalue weighted by Gasteiger charge is 2.43. The zero-order chi connectivity index (χ0) is 22.0. The van der Waals surface area contributed by atoms with E-state index in [9.17, 15) is 12.8 Å². The maximum absolute atomic E-state index is 14.2. The van der Waals surface area contributed by atoms with E-state index in [2.05, 4.69) is 14.9 Å². The van der Waals surface area contributed by atoms with Gasteiger partial charge in [-0.3, -0.25) is 0 Å². The third kappa shape index (κ3) is 5.44. The minimum Gasteiger partial charge on any atom is -0.494 e. The highest BCUT2D eigenvalue weighted by Crippen LogP contribution is 2.48. The molecule has 1 aromatic heterocycles. The number of allylic oxidation sites excluding steroid dienone is 1. The molecule has 31 heavy (non-hydrogen) atoms. The molecular weight excluding hydrogens is 421 g/mol. The maximum Gasteiger partial charge on any atom is 0.225 e. The van der Waals surface area contributed by atoms with Gasteiger partial charge in [-0.1, -0.05) is 12.2 Å². The fourth-order valence-corrected chi connectivity index (χ4v) is 5.39. The van der Waals surface area contributed by atoms with Gasteiger partial charge in [0.2, 0.25) is 5.95 Å². The first kappa shape index (κ1) is 22.2. The van der Waals surface area contributed by atoms with E-state index in [1.165, 1.54) is 0 Å². The van der Waals surface area contributed by atoms with Gasteiger partial charge in [-0.25, -0.2) is 22.8 Å². The summed E-state index contributed by atoms with van der Waals surface area (Å²) in [5.74, 6) is 2.93.